The van der Waals surface area contributed by atoms with Crippen molar-refractivity contribution in [2.75, 3.05) is 13.1 Å². The lowest BCUT2D eigenvalue weighted by molar-refractivity contribution is 0.0546. The summed E-state index contributed by atoms with van der Waals surface area (Å²) in [6.07, 6.45) is 1.01. The van der Waals surface area contributed by atoms with Crippen molar-refractivity contribution in [3.8, 4) is 11.4 Å². The summed E-state index contributed by atoms with van der Waals surface area (Å²) >= 11 is 0. The van der Waals surface area contributed by atoms with Crippen LogP contribution in [0.3, 0.4) is 0 Å². The number of aliphatic hydroxyl groups is 1. The molecule has 0 spiro atoms. The number of benzene rings is 1. The van der Waals surface area contributed by atoms with Gasteiger partial charge in [-0.1, -0.05) is 12.1 Å². The third-order valence-electron chi connectivity index (χ3n) is 3.49. The Hall–Kier alpha value is -2.28. The van der Waals surface area contributed by atoms with Crippen LogP contribution in [0.25, 0.3) is 11.4 Å². The summed E-state index contributed by atoms with van der Waals surface area (Å²) in [4.78, 5) is 14.1. The standard InChI is InChI=1S/C13H15N5O2/c19-11-5-7-18(8-6-11)13(20)10-3-1-9(2-4-10)12-14-16-17-15-12/h1-4,11,19H,5-8H2,(H,14,15,16,17). The molecule has 0 saturated carbocycles. The van der Waals surface area contributed by atoms with Gasteiger partial charge >= 0.3 is 0 Å². The molecule has 0 unspecified atom stereocenters. The van der Waals surface area contributed by atoms with Gasteiger partial charge in [-0.25, -0.2) is 0 Å². The van der Waals surface area contributed by atoms with Crippen LogP contribution in [0.1, 0.15) is 23.2 Å². The van der Waals surface area contributed by atoms with Crippen LogP contribution in [0.5, 0.6) is 0 Å². The molecule has 3 rings (SSSR count). The molecule has 1 aromatic heterocycles. The van der Waals surface area contributed by atoms with Crippen molar-refractivity contribution in [3.05, 3.63) is 29.8 Å². The molecular weight excluding hydrogens is 258 g/mol. The monoisotopic (exact) mass is 273 g/mol. The molecule has 1 amide bonds. The van der Waals surface area contributed by atoms with E-state index in [1.807, 2.05) is 0 Å². The first-order valence-corrected chi connectivity index (χ1v) is 6.55. The zero-order valence-electron chi connectivity index (χ0n) is 10.9. The summed E-state index contributed by atoms with van der Waals surface area (Å²) in [5.41, 5.74) is 1.44. The highest BCUT2D eigenvalue weighted by Crippen LogP contribution is 2.17. The number of carbonyl (C=O) groups is 1. The smallest absolute Gasteiger partial charge is 0.253 e. The fraction of sp³-hybridized carbons (Fsp3) is 0.385. The number of hydrogen-bond donors (Lipinski definition) is 2. The number of aliphatic hydroxyl groups excluding tert-OH is 1. The van der Waals surface area contributed by atoms with E-state index in [1.165, 1.54) is 0 Å². The SMILES string of the molecule is O=C(c1ccc(-c2nn[nH]n2)cc1)N1CCC(O)CC1. The number of nitrogens with zero attached hydrogens (tertiary/aromatic N) is 4. The van der Waals surface area contributed by atoms with Crippen molar-refractivity contribution in [3.63, 3.8) is 0 Å². The lowest BCUT2D eigenvalue weighted by Gasteiger charge is -2.29. The van der Waals surface area contributed by atoms with Crippen LogP contribution in [0.2, 0.25) is 0 Å². The Kier molecular flexibility index (Phi) is 3.42. The average Bonchev–Trinajstić information content (AvgIpc) is 3.02. The highest BCUT2D eigenvalue weighted by molar-refractivity contribution is 5.94. The molecule has 2 N–H and O–H groups in total. The van der Waals surface area contributed by atoms with Crippen LogP contribution in [-0.2, 0) is 0 Å². The minimum Gasteiger partial charge on any atom is -0.393 e. The second kappa shape index (κ2) is 5.38. The van der Waals surface area contributed by atoms with Gasteiger partial charge in [-0.3, -0.25) is 4.79 Å². The summed E-state index contributed by atoms with van der Waals surface area (Å²) in [6.45, 7) is 1.21. The summed E-state index contributed by atoms with van der Waals surface area (Å²) in [5.74, 6) is 0.502. The van der Waals surface area contributed by atoms with E-state index in [-0.39, 0.29) is 12.0 Å². The molecule has 7 heteroatoms. The Morgan fingerprint density at radius 1 is 1.25 bits per heavy atom. The highest BCUT2D eigenvalue weighted by atomic mass is 16.3. The average molecular weight is 273 g/mol. The number of piperidine rings is 1. The van der Waals surface area contributed by atoms with Crippen LogP contribution in [0.4, 0.5) is 0 Å². The van der Waals surface area contributed by atoms with E-state index in [0.29, 0.717) is 37.3 Å². The molecular formula is C13H15N5O2. The quantitative estimate of drug-likeness (QED) is 0.829. The molecule has 1 saturated heterocycles. The van der Waals surface area contributed by atoms with E-state index < -0.39 is 0 Å². The third kappa shape index (κ3) is 2.53. The molecule has 0 radical (unpaired) electrons. The first-order valence-electron chi connectivity index (χ1n) is 6.55. The number of aromatic nitrogens is 4. The third-order valence-corrected chi connectivity index (χ3v) is 3.49. The van der Waals surface area contributed by atoms with Gasteiger partial charge in [0.1, 0.15) is 0 Å². The van der Waals surface area contributed by atoms with Gasteiger partial charge in [0, 0.05) is 24.2 Å². The number of aromatic amines is 1. The summed E-state index contributed by atoms with van der Waals surface area (Å²) in [5, 5.41) is 23.1. The van der Waals surface area contributed by atoms with E-state index in [4.69, 9.17) is 0 Å². The second-order valence-electron chi connectivity index (χ2n) is 4.84. The number of carbonyl (C=O) groups excluding carboxylic acids is 1. The molecule has 1 fully saturated rings. The highest BCUT2D eigenvalue weighted by Gasteiger charge is 2.22. The Bertz CT molecular complexity index is 573. The van der Waals surface area contributed by atoms with Crippen LogP contribution >= 0.6 is 0 Å². The van der Waals surface area contributed by atoms with Crippen molar-refractivity contribution >= 4 is 5.91 Å². The molecule has 104 valence electrons. The number of hydrogen-bond acceptors (Lipinski definition) is 5. The maximum atomic E-state index is 12.3. The molecule has 0 atom stereocenters. The van der Waals surface area contributed by atoms with Crippen LogP contribution < -0.4 is 0 Å². The molecule has 2 heterocycles. The first kappa shape index (κ1) is 12.7. The maximum Gasteiger partial charge on any atom is 0.253 e. The lowest BCUT2D eigenvalue weighted by Crippen LogP contribution is -2.40. The number of likely N-dealkylation sites (tertiary alicyclic amines) is 1. The van der Waals surface area contributed by atoms with Crippen LogP contribution in [0.15, 0.2) is 24.3 Å². The van der Waals surface area contributed by atoms with Gasteiger partial charge < -0.3 is 10.0 Å². The molecule has 1 aromatic carbocycles. The Morgan fingerprint density at radius 2 is 1.95 bits per heavy atom. The maximum absolute atomic E-state index is 12.3. The van der Waals surface area contributed by atoms with Crippen molar-refractivity contribution in [2.24, 2.45) is 0 Å². The Balaban J connectivity index is 1.73. The number of tetrazole rings is 1. The summed E-state index contributed by atoms with van der Waals surface area (Å²) in [7, 11) is 0. The van der Waals surface area contributed by atoms with Crippen molar-refractivity contribution < 1.29 is 9.90 Å². The molecule has 0 aliphatic carbocycles. The van der Waals surface area contributed by atoms with Crippen LogP contribution in [0, 0.1) is 0 Å². The normalized spacial score (nSPS) is 16.4. The minimum atomic E-state index is -0.278. The Morgan fingerprint density at radius 3 is 2.55 bits per heavy atom. The fourth-order valence-corrected chi connectivity index (χ4v) is 2.30. The van der Waals surface area contributed by atoms with Gasteiger partial charge in [-0.2, -0.15) is 5.21 Å². The van der Waals surface area contributed by atoms with Gasteiger partial charge in [0.05, 0.1) is 6.10 Å². The predicted octanol–water partition coefficient (Wildman–Crippen LogP) is 0.464. The van der Waals surface area contributed by atoms with Crippen LogP contribution in [-0.4, -0.2) is 55.7 Å². The zero-order valence-corrected chi connectivity index (χ0v) is 10.9. The largest absolute Gasteiger partial charge is 0.393 e. The summed E-state index contributed by atoms with van der Waals surface area (Å²) < 4.78 is 0. The van der Waals surface area contributed by atoms with E-state index in [1.54, 1.807) is 29.2 Å². The number of rotatable bonds is 2. The van der Waals surface area contributed by atoms with E-state index in [9.17, 15) is 9.90 Å². The Labute approximate surface area is 115 Å². The first-order chi connectivity index (χ1) is 9.74. The number of nitrogens with one attached hydrogen (secondary N) is 1. The van der Waals surface area contributed by atoms with E-state index in [2.05, 4.69) is 20.6 Å². The zero-order chi connectivity index (χ0) is 13.9. The molecule has 7 nitrogen and oxygen atoms in total. The second-order valence-corrected chi connectivity index (χ2v) is 4.84. The molecule has 20 heavy (non-hydrogen) atoms. The van der Waals surface area contributed by atoms with Gasteiger partial charge in [0.2, 0.25) is 5.82 Å². The topological polar surface area (TPSA) is 95.0 Å². The molecule has 0 bridgehead atoms. The number of H-pyrrole nitrogens is 1. The molecule has 1 aliphatic rings. The van der Waals surface area contributed by atoms with Gasteiger partial charge in [-0.05, 0) is 30.2 Å². The van der Waals surface area contributed by atoms with Crippen molar-refractivity contribution in [2.45, 2.75) is 18.9 Å². The van der Waals surface area contributed by atoms with Gasteiger partial charge in [0.15, 0.2) is 0 Å². The van der Waals surface area contributed by atoms with E-state index in [0.717, 1.165) is 5.56 Å². The minimum absolute atomic E-state index is 0.00318. The number of amides is 1. The van der Waals surface area contributed by atoms with Gasteiger partial charge in [-0.15, -0.1) is 10.2 Å². The van der Waals surface area contributed by atoms with Crippen molar-refractivity contribution in [1.29, 1.82) is 0 Å². The van der Waals surface area contributed by atoms with E-state index >= 15 is 0 Å². The molecule has 1 aliphatic heterocycles. The predicted molar refractivity (Wildman–Crippen MR) is 70.8 cm³/mol. The fourth-order valence-electron chi connectivity index (χ4n) is 2.30. The van der Waals surface area contributed by atoms with Gasteiger partial charge in [0.25, 0.3) is 5.91 Å². The van der Waals surface area contributed by atoms with Crippen molar-refractivity contribution in [1.82, 2.24) is 25.5 Å². The summed E-state index contributed by atoms with van der Waals surface area (Å²) in [6, 6.07) is 7.13. The molecule has 2 aromatic rings. The lowest BCUT2D eigenvalue weighted by atomic mass is 10.1.